The van der Waals surface area contributed by atoms with Crippen molar-refractivity contribution >= 4 is 26.9 Å². The Morgan fingerprint density at radius 1 is 1.36 bits per heavy atom. The van der Waals surface area contributed by atoms with Gasteiger partial charge in [0.05, 0.1) is 17.3 Å². The van der Waals surface area contributed by atoms with Gasteiger partial charge in [-0.15, -0.1) is 0 Å². The van der Waals surface area contributed by atoms with Crippen LogP contribution in [0.2, 0.25) is 0 Å². The number of nitrogens with one attached hydrogen (secondary N) is 2. The van der Waals surface area contributed by atoms with Gasteiger partial charge in [0, 0.05) is 20.1 Å². The maximum absolute atomic E-state index is 11.9. The number of aromatic nitrogens is 4. The summed E-state index contributed by atoms with van der Waals surface area (Å²) in [5.41, 5.74) is 0.712. The summed E-state index contributed by atoms with van der Waals surface area (Å²) in [5.74, 6) is 1.14. The number of sulfonamides is 1. The third kappa shape index (κ3) is 3.36. The molecule has 2 heterocycles. The minimum atomic E-state index is -3.25. The summed E-state index contributed by atoms with van der Waals surface area (Å²) in [6, 6.07) is 0. The van der Waals surface area contributed by atoms with E-state index in [9.17, 15) is 8.42 Å². The van der Waals surface area contributed by atoms with Gasteiger partial charge in [-0.2, -0.15) is 5.10 Å². The number of anilines is 1. The third-order valence-corrected chi connectivity index (χ3v) is 5.36. The van der Waals surface area contributed by atoms with Crippen LogP contribution < -0.4 is 10.0 Å². The maximum Gasteiger partial charge on any atom is 0.213 e. The van der Waals surface area contributed by atoms with Crippen LogP contribution in [-0.2, 0) is 17.1 Å². The average molecular weight is 324 g/mol. The number of aryl methyl sites for hydroxylation is 1. The van der Waals surface area contributed by atoms with Crippen molar-refractivity contribution in [2.24, 2.45) is 13.0 Å². The first-order valence-corrected chi connectivity index (χ1v) is 9.04. The number of nitrogens with zero attached hydrogens (tertiary/aromatic N) is 4. The Hall–Kier alpha value is -1.74. The van der Waals surface area contributed by atoms with Crippen LogP contribution in [0.5, 0.6) is 0 Å². The lowest BCUT2D eigenvalue weighted by atomic mass is 9.86. The lowest BCUT2D eigenvalue weighted by molar-refractivity contribution is 0.316. The summed E-state index contributed by atoms with van der Waals surface area (Å²) < 4.78 is 28.2. The molecule has 22 heavy (non-hydrogen) atoms. The Bertz CT molecular complexity index is 753. The molecule has 0 bridgehead atoms. The van der Waals surface area contributed by atoms with Crippen LogP contribution in [0.4, 0.5) is 5.82 Å². The summed E-state index contributed by atoms with van der Waals surface area (Å²) >= 11 is 0. The molecule has 0 radical (unpaired) electrons. The van der Waals surface area contributed by atoms with Gasteiger partial charge in [0.1, 0.15) is 12.1 Å². The Balaban J connectivity index is 1.55. The molecule has 9 heteroatoms. The standard InChI is InChI=1S/C13H20N6O2S/c1-19-13-11(8-17-19)12(15-9-16-13)14-5-6-22(20,21)18-7-10-3-2-4-10/h8-10,18H,2-7H2,1H3,(H,14,15,16). The van der Waals surface area contributed by atoms with Crippen molar-refractivity contribution in [3.8, 4) is 0 Å². The van der Waals surface area contributed by atoms with E-state index < -0.39 is 10.0 Å². The van der Waals surface area contributed by atoms with Crippen LogP contribution >= 0.6 is 0 Å². The molecule has 3 rings (SSSR count). The highest BCUT2D eigenvalue weighted by molar-refractivity contribution is 7.89. The largest absolute Gasteiger partial charge is 0.368 e. The molecule has 0 amide bonds. The van der Waals surface area contributed by atoms with Crippen LogP contribution in [0, 0.1) is 5.92 Å². The van der Waals surface area contributed by atoms with Crippen LogP contribution in [0.25, 0.3) is 11.0 Å². The van der Waals surface area contributed by atoms with Crippen LogP contribution in [0.3, 0.4) is 0 Å². The minimum Gasteiger partial charge on any atom is -0.368 e. The van der Waals surface area contributed by atoms with Crippen molar-refractivity contribution in [1.82, 2.24) is 24.5 Å². The fraction of sp³-hybridized carbons (Fsp3) is 0.615. The molecule has 0 unspecified atom stereocenters. The van der Waals surface area contributed by atoms with Gasteiger partial charge >= 0.3 is 0 Å². The molecule has 1 saturated carbocycles. The molecule has 8 nitrogen and oxygen atoms in total. The van der Waals surface area contributed by atoms with Crippen molar-refractivity contribution < 1.29 is 8.42 Å². The smallest absolute Gasteiger partial charge is 0.213 e. The summed E-state index contributed by atoms with van der Waals surface area (Å²) in [4.78, 5) is 8.29. The quantitative estimate of drug-likeness (QED) is 0.769. The second kappa shape index (κ2) is 6.17. The van der Waals surface area contributed by atoms with E-state index >= 15 is 0 Å². The molecule has 2 N–H and O–H groups in total. The first kappa shape index (κ1) is 15.2. The van der Waals surface area contributed by atoms with E-state index in [2.05, 4.69) is 25.1 Å². The summed E-state index contributed by atoms with van der Waals surface area (Å²) in [6.45, 7) is 0.851. The van der Waals surface area contributed by atoms with Gasteiger partial charge in [0.2, 0.25) is 10.0 Å². The molecule has 2 aromatic rings. The molecule has 120 valence electrons. The Kier molecular flexibility index (Phi) is 4.25. The molecule has 1 aliphatic carbocycles. The van der Waals surface area contributed by atoms with Crippen LogP contribution in [0.1, 0.15) is 19.3 Å². The zero-order valence-corrected chi connectivity index (χ0v) is 13.3. The predicted molar refractivity (Wildman–Crippen MR) is 83.9 cm³/mol. The Morgan fingerprint density at radius 3 is 2.91 bits per heavy atom. The zero-order chi connectivity index (χ0) is 15.6. The lowest BCUT2D eigenvalue weighted by Crippen LogP contribution is -2.35. The SMILES string of the molecule is Cn1ncc2c(NCCS(=O)(=O)NCC3CCC3)ncnc21. The molecular weight excluding hydrogens is 304 g/mol. The molecule has 1 fully saturated rings. The summed E-state index contributed by atoms with van der Waals surface area (Å²) in [6.07, 6.45) is 6.57. The molecule has 0 atom stereocenters. The van der Waals surface area contributed by atoms with Gasteiger partial charge in [0.25, 0.3) is 0 Å². The van der Waals surface area contributed by atoms with E-state index in [0.29, 0.717) is 30.5 Å². The minimum absolute atomic E-state index is 0.0193. The second-order valence-corrected chi connectivity index (χ2v) is 7.55. The molecule has 0 aromatic carbocycles. The van der Waals surface area contributed by atoms with Gasteiger partial charge in [-0.25, -0.2) is 23.1 Å². The highest BCUT2D eigenvalue weighted by atomic mass is 32.2. The second-order valence-electron chi connectivity index (χ2n) is 5.62. The van der Waals surface area contributed by atoms with E-state index in [-0.39, 0.29) is 5.75 Å². The van der Waals surface area contributed by atoms with Crippen LogP contribution in [-0.4, -0.2) is 47.0 Å². The molecule has 0 aliphatic heterocycles. The number of fused-ring (bicyclic) bond motifs is 1. The van der Waals surface area contributed by atoms with Gasteiger partial charge in [-0.05, 0) is 18.8 Å². The molecule has 2 aromatic heterocycles. The van der Waals surface area contributed by atoms with E-state index in [4.69, 9.17) is 0 Å². The van der Waals surface area contributed by atoms with Gasteiger partial charge < -0.3 is 5.32 Å². The number of rotatable bonds is 7. The van der Waals surface area contributed by atoms with E-state index in [1.54, 1.807) is 17.9 Å². The van der Waals surface area contributed by atoms with Crippen molar-refractivity contribution in [3.05, 3.63) is 12.5 Å². The topological polar surface area (TPSA) is 102 Å². The zero-order valence-electron chi connectivity index (χ0n) is 12.5. The van der Waals surface area contributed by atoms with Crippen molar-refractivity contribution in [3.63, 3.8) is 0 Å². The van der Waals surface area contributed by atoms with Crippen LogP contribution in [0.15, 0.2) is 12.5 Å². The van der Waals surface area contributed by atoms with E-state index in [1.807, 2.05) is 0 Å². The molecular formula is C13H20N6O2S. The summed E-state index contributed by atoms with van der Waals surface area (Å²) in [7, 11) is -1.45. The monoisotopic (exact) mass is 324 g/mol. The Labute approximate surface area is 129 Å². The fourth-order valence-corrected chi connectivity index (χ4v) is 3.43. The molecule has 0 saturated heterocycles. The maximum atomic E-state index is 11.9. The fourth-order valence-electron chi connectivity index (χ4n) is 2.42. The van der Waals surface area contributed by atoms with Gasteiger partial charge in [-0.1, -0.05) is 6.42 Å². The third-order valence-electron chi connectivity index (χ3n) is 4.01. The van der Waals surface area contributed by atoms with E-state index in [0.717, 1.165) is 18.2 Å². The number of hydrogen-bond donors (Lipinski definition) is 2. The normalized spacial score (nSPS) is 15.9. The average Bonchev–Trinajstić information content (AvgIpc) is 2.80. The highest BCUT2D eigenvalue weighted by Crippen LogP contribution is 2.25. The van der Waals surface area contributed by atoms with Gasteiger partial charge in [0.15, 0.2) is 5.65 Å². The van der Waals surface area contributed by atoms with Crippen molar-refractivity contribution in [2.75, 3.05) is 24.2 Å². The number of hydrogen-bond acceptors (Lipinski definition) is 6. The summed E-state index contributed by atoms with van der Waals surface area (Å²) in [5, 5.41) is 7.95. The highest BCUT2D eigenvalue weighted by Gasteiger charge is 2.20. The lowest BCUT2D eigenvalue weighted by Gasteiger charge is -2.25. The predicted octanol–water partition coefficient (Wildman–Crippen LogP) is 0.495. The van der Waals surface area contributed by atoms with Crippen molar-refractivity contribution in [2.45, 2.75) is 19.3 Å². The molecule has 0 spiro atoms. The van der Waals surface area contributed by atoms with E-state index in [1.165, 1.54) is 12.7 Å². The first-order valence-electron chi connectivity index (χ1n) is 7.39. The Morgan fingerprint density at radius 2 is 2.18 bits per heavy atom. The molecule has 1 aliphatic rings. The van der Waals surface area contributed by atoms with Gasteiger partial charge in [-0.3, -0.25) is 4.68 Å². The van der Waals surface area contributed by atoms with Crippen molar-refractivity contribution in [1.29, 1.82) is 0 Å². The first-order chi connectivity index (χ1) is 10.6.